The number of likely N-dealkylation sites (N-methyl/N-ethyl adjacent to an activating group) is 1. The summed E-state index contributed by atoms with van der Waals surface area (Å²) in [6.45, 7) is 9.24. The number of hydrogen-bond acceptors (Lipinski definition) is 3. The molecule has 17 heavy (non-hydrogen) atoms. The average Bonchev–Trinajstić information content (AvgIpc) is 2.32. The van der Waals surface area contributed by atoms with Crippen molar-refractivity contribution in [2.45, 2.75) is 51.1 Å². The first-order valence-corrected chi connectivity index (χ1v) is 7.24. The second-order valence-electron chi connectivity index (χ2n) is 6.32. The van der Waals surface area contributed by atoms with Crippen LogP contribution in [0.15, 0.2) is 0 Å². The highest BCUT2D eigenvalue weighted by Crippen LogP contribution is 2.34. The van der Waals surface area contributed by atoms with Gasteiger partial charge in [0.05, 0.1) is 0 Å². The van der Waals surface area contributed by atoms with Crippen molar-refractivity contribution >= 4 is 0 Å². The van der Waals surface area contributed by atoms with Crippen molar-refractivity contribution in [3.05, 3.63) is 0 Å². The number of nitrogens with zero attached hydrogens (tertiary/aromatic N) is 2. The van der Waals surface area contributed by atoms with Crippen molar-refractivity contribution in [2.24, 2.45) is 11.7 Å². The van der Waals surface area contributed by atoms with Crippen molar-refractivity contribution in [2.75, 3.05) is 33.2 Å². The van der Waals surface area contributed by atoms with Crippen molar-refractivity contribution in [1.82, 2.24) is 9.80 Å². The third kappa shape index (κ3) is 2.51. The summed E-state index contributed by atoms with van der Waals surface area (Å²) in [7, 11) is 2.24. The van der Waals surface area contributed by atoms with E-state index in [4.69, 9.17) is 5.73 Å². The third-order valence-electron chi connectivity index (χ3n) is 5.11. The highest BCUT2D eigenvalue weighted by Gasteiger charge is 2.42. The first kappa shape index (κ1) is 13.3. The molecule has 2 fully saturated rings. The second-order valence-corrected chi connectivity index (χ2v) is 6.32. The van der Waals surface area contributed by atoms with Gasteiger partial charge in [-0.3, -0.25) is 4.90 Å². The predicted molar refractivity (Wildman–Crippen MR) is 73.1 cm³/mol. The highest BCUT2D eigenvalue weighted by atomic mass is 15.3. The van der Waals surface area contributed by atoms with Crippen LogP contribution < -0.4 is 5.73 Å². The van der Waals surface area contributed by atoms with Gasteiger partial charge in [0.2, 0.25) is 0 Å². The van der Waals surface area contributed by atoms with Gasteiger partial charge in [-0.25, -0.2) is 0 Å². The monoisotopic (exact) mass is 239 g/mol. The first-order valence-electron chi connectivity index (χ1n) is 7.24. The van der Waals surface area contributed by atoms with E-state index in [2.05, 4.69) is 30.7 Å². The van der Waals surface area contributed by atoms with Crippen LogP contribution in [-0.2, 0) is 0 Å². The Hall–Kier alpha value is -0.120. The Bertz CT molecular complexity index is 256. The summed E-state index contributed by atoms with van der Waals surface area (Å²) in [5.41, 5.74) is 6.42. The molecule has 3 unspecified atom stereocenters. The molecule has 3 nitrogen and oxygen atoms in total. The van der Waals surface area contributed by atoms with Crippen LogP contribution in [0.5, 0.6) is 0 Å². The van der Waals surface area contributed by atoms with Gasteiger partial charge >= 0.3 is 0 Å². The molecule has 0 radical (unpaired) electrons. The fourth-order valence-corrected chi connectivity index (χ4v) is 3.86. The van der Waals surface area contributed by atoms with Crippen LogP contribution in [-0.4, -0.2) is 54.6 Å². The first-order chi connectivity index (χ1) is 8.09. The molecule has 0 spiro atoms. The van der Waals surface area contributed by atoms with E-state index in [0.717, 1.165) is 19.0 Å². The van der Waals surface area contributed by atoms with Gasteiger partial charge in [-0.1, -0.05) is 6.92 Å². The van der Waals surface area contributed by atoms with E-state index >= 15 is 0 Å². The molecule has 0 bridgehead atoms. The molecule has 2 saturated heterocycles. The Balaban J connectivity index is 2.15. The Morgan fingerprint density at radius 2 is 2.00 bits per heavy atom. The van der Waals surface area contributed by atoms with Crippen LogP contribution >= 0.6 is 0 Å². The summed E-state index contributed by atoms with van der Waals surface area (Å²) in [6, 6.07) is 0.693. The van der Waals surface area contributed by atoms with E-state index in [1.807, 2.05) is 0 Å². The molecule has 3 atom stereocenters. The minimum absolute atomic E-state index is 0.251. The molecule has 2 aliphatic rings. The van der Waals surface area contributed by atoms with Crippen molar-refractivity contribution in [3.63, 3.8) is 0 Å². The molecule has 0 aliphatic carbocycles. The predicted octanol–water partition coefficient (Wildman–Crippen LogP) is 1.53. The van der Waals surface area contributed by atoms with Gasteiger partial charge in [0.25, 0.3) is 0 Å². The van der Waals surface area contributed by atoms with Crippen molar-refractivity contribution in [3.8, 4) is 0 Å². The standard InChI is InChI=1S/C14H29N3/c1-12-6-4-9-17(13(12)2)14(10-15)7-5-8-16(3)11-14/h12-13H,4-11,15H2,1-3H3. The summed E-state index contributed by atoms with van der Waals surface area (Å²) >= 11 is 0. The maximum absolute atomic E-state index is 6.17. The van der Waals surface area contributed by atoms with Gasteiger partial charge < -0.3 is 10.6 Å². The molecular formula is C14H29N3. The van der Waals surface area contributed by atoms with Gasteiger partial charge in [-0.15, -0.1) is 0 Å². The molecule has 2 rings (SSSR count). The average molecular weight is 239 g/mol. The number of nitrogens with two attached hydrogens (primary N) is 1. The van der Waals surface area contributed by atoms with Crippen LogP contribution in [0.3, 0.4) is 0 Å². The zero-order valence-corrected chi connectivity index (χ0v) is 11.8. The summed E-state index contributed by atoms with van der Waals surface area (Å²) in [5, 5.41) is 0. The van der Waals surface area contributed by atoms with E-state index in [9.17, 15) is 0 Å². The Morgan fingerprint density at radius 1 is 1.24 bits per heavy atom. The fourth-order valence-electron chi connectivity index (χ4n) is 3.86. The molecule has 0 aromatic carbocycles. The van der Waals surface area contributed by atoms with Gasteiger partial charge in [-0.05, 0) is 58.7 Å². The van der Waals surface area contributed by atoms with E-state index in [1.54, 1.807) is 0 Å². The largest absolute Gasteiger partial charge is 0.329 e. The summed E-state index contributed by atoms with van der Waals surface area (Å²) in [5.74, 6) is 0.819. The van der Waals surface area contributed by atoms with Crippen LogP contribution in [0.4, 0.5) is 0 Å². The smallest absolute Gasteiger partial charge is 0.0461 e. The van der Waals surface area contributed by atoms with E-state index < -0.39 is 0 Å². The zero-order chi connectivity index (χ0) is 12.5. The van der Waals surface area contributed by atoms with E-state index in [-0.39, 0.29) is 5.54 Å². The molecule has 2 aliphatic heterocycles. The Kier molecular flexibility index (Phi) is 4.11. The molecular weight excluding hydrogens is 210 g/mol. The number of likely N-dealkylation sites (tertiary alicyclic amines) is 2. The summed E-state index contributed by atoms with van der Waals surface area (Å²) in [4.78, 5) is 5.19. The topological polar surface area (TPSA) is 32.5 Å². The molecule has 2 heterocycles. The van der Waals surface area contributed by atoms with Crippen molar-refractivity contribution in [1.29, 1.82) is 0 Å². The molecule has 0 amide bonds. The quantitative estimate of drug-likeness (QED) is 0.793. The van der Waals surface area contributed by atoms with Crippen LogP contribution in [0.2, 0.25) is 0 Å². The SMILES string of the molecule is CC1CCCN(C2(CN)CCCN(C)C2)C1C. The zero-order valence-electron chi connectivity index (χ0n) is 11.8. The lowest BCUT2D eigenvalue weighted by Gasteiger charge is -2.54. The molecule has 100 valence electrons. The number of hydrogen-bond donors (Lipinski definition) is 1. The molecule has 0 saturated carbocycles. The number of rotatable bonds is 2. The van der Waals surface area contributed by atoms with Crippen LogP contribution in [0, 0.1) is 5.92 Å². The lowest BCUT2D eigenvalue weighted by molar-refractivity contribution is -0.0337. The van der Waals surface area contributed by atoms with Crippen molar-refractivity contribution < 1.29 is 0 Å². The molecule has 2 N–H and O–H groups in total. The van der Waals surface area contributed by atoms with Crippen LogP contribution in [0.1, 0.15) is 39.5 Å². The summed E-state index contributed by atoms with van der Waals surface area (Å²) < 4.78 is 0. The minimum Gasteiger partial charge on any atom is -0.329 e. The Labute approximate surface area is 106 Å². The van der Waals surface area contributed by atoms with Gasteiger partial charge in [0, 0.05) is 24.7 Å². The minimum atomic E-state index is 0.251. The van der Waals surface area contributed by atoms with Gasteiger partial charge in [0.1, 0.15) is 0 Å². The molecule has 0 aromatic rings. The third-order valence-corrected chi connectivity index (χ3v) is 5.11. The maximum Gasteiger partial charge on any atom is 0.0461 e. The lowest BCUT2D eigenvalue weighted by atomic mass is 9.81. The fraction of sp³-hybridized carbons (Fsp3) is 1.00. The normalized spacial score (nSPS) is 41.6. The lowest BCUT2D eigenvalue weighted by Crippen LogP contribution is -2.66. The van der Waals surface area contributed by atoms with Gasteiger partial charge in [0.15, 0.2) is 0 Å². The Morgan fingerprint density at radius 3 is 2.65 bits per heavy atom. The molecule has 3 heteroatoms. The van der Waals surface area contributed by atoms with E-state index in [0.29, 0.717) is 6.04 Å². The molecule has 0 aromatic heterocycles. The summed E-state index contributed by atoms with van der Waals surface area (Å²) in [6.07, 6.45) is 5.31. The van der Waals surface area contributed by atoms with E-state index in [1.165, 1.54) is 38.8 Å². The highest BCUT2D eigenvalue weighted by molar-refractivity contribution is 5.00. The van der Waals surface area contributed by atoms with Gasteiger partial charge in [-0.2, -0.15) is 0 Å². The number of piperidine rings is 2. The second kappa shape index (κ2) is 5.25. The maximum atomic E-state index is 6.17. The van der Waals surface area contributed by atoms with Crippen LogP contribution in [0.25, 0.3) is 0 Å².